The molecule has 0 spiro atoms. The monoisotopic (exact) mass is 315 g/mol. The van der Waals surface area contributed by atoms with Gasteiger partial charge in [-0.25, -0.2) is 0 Å². The Bertz CT molecular complexity index is 597. The van der Waals surface area contributed by atoms with Crippen LogP contribution in [-0.2, 0) is 4.79 Å². The predicted molar refractivity (Wildman–Crippen MR) is 81.6 cm³/mol. The van der Waals surface area contributed by atoms with E-state index < -0.39 is 0 Å². The summed E-state index contributed by atoms with van der Waals surface area (Å²) in [6.45, 7) is 0.747. The van der Waals surface area contributed by atoms with Crippen LogP contribution in [0.3, 0.4) is 0 Å². The number of halogens is 1. The third-order valence-corrected chi connectivity index (χ3v) is 3.96. The minimum atomic E-state index is 0.187. The summed E-state index contributed by atoms with van der Waals surface area (Å²) in [4.78, 5) is 14.0. The zero-order valence-corrected chi connectivity index (χ0v) is 12.0. The summed E-state index contributed by atoms with van der Waals surface area (Å²) in [5.74, 6) is 0.187. The van der Waals surface area contributed by atoms with Gasteiger partial charge in [-0.3, -0.25) is 4.79 Å². The molecule has 2 aromatic rings. The number of nitrogens with zero attached hydrogens (tertiary/aromatic N) is 1. The standard InChI is InChI=1S/C16H14BrNO/c17-14-10-16(19)18(11-14)15-8-4-7-13(9-15)12-5-2-1-3-6-12/h1-9,14H,10-11H2. The first-order chi connectivity index (χ1) is 9.24. The fourth-order valence-corrected chi connectivity index (χ4v) is 2.96. The highest BCUT2D eigenvalue weighted by Crippen LogP contribution is 2.29. The van der Waals surface area contributed by atoms with E-state index in [-0.39, 0.29) is 10.7 Å². The van der Waals surface area contributed by atoms with E-state index in [1.54, 1.807) is 0 Å². The van der Waals surface area contributed by atoms with Crippen LogP contribution in [0.15, 0.2) is 54.6 Å². The molecule has 0 bridgehead atoms. The minimum absolute atomic E-state index is 0.187. The van der Waals surface area contributed by atoms with Gasteiger partial charge < -0.3 is 4.90 Å². The molecule has 1 saturated heterocycles. The highest BCUT2D eigenvalue weighted by Gasteiger charge is 2.28. The zero-order chi connectivity index (χ0) is 13.2. The average Bonchev–Trinajstić information content (AvgIpc) is 2.79. The summed E-state index contributed by atoms with van der Waals surface area (Å²) in [7, 11) is 0. The first kappa shape index (κ1) is 12.4. The Morgan fingerprint density at radius 2 is 1.74 bits per heavy atom. The molecular formula is C16H14BrNO. The second kappa shape index (κ2) is 5.17. The molecule has 1 unspecified atom stereocenters. The van der Waals surface area contributed by atoms with Crippen molar-refractivity contribution in [3.63, 3.8) is 0 Å². The quantitative estimate of drug-likeness (QED) is 0.771. The molecule has 0 N–H and O–H groups in total. The Hall–Kier alpha value is -1.61. The van der Waals surface area contributed by atoms with Crippen molar-refractivity contribution in [2.45, 2.75) is 11.2 Å². The summed E-state index contributed by atoms with van der Waals surface area (Å²) in [6, 6.07) is 18.4. The van der Waals surface area contributed by atoms with Crippen LogP contribution in [0.1, 0.15) is 6.42 Å². The van der Waals surface area contributed by atoms with Crippen molar-refractivity contribution in [1.82, 2.24) is 0 Å². The maximum absolute atomic E-state index is 11.9. The Labute approximate surface area is 121 Å². The Balaban J connectivity index is 1.95. The number of carbonyl (C=O) groups is 1. The zero-order valence-electron chi connectivity index (χ0n) is 10.4. The van der Waals surface area contributed by atoms with Crippen molar-refractivity contribution in [2.75, 3.05) is 11.4 Å². The van der Waals surface area contributed by atoms with Crippen molar-refractivity contribution >= 4 is 27.5 Å². The van der Waals surface area contributed by atoms with Crippen LogP contribution in [0, 0.1) is 0 Å². The van der Waals surface area contributed by atoms with Crippen molar-refractivity contribution < 1.29 is 4.79 Å². The Morgan fingerprint density at radius 3 is 2.42 bits per heavy atom. The van der Waals surface area contributed by atoms with Crippen LogP contribution in [0.25, 0.3) is 11.1 Å². The molecule has 1 atom stereocenters. The van der Waals surface area contributed by atoms with Gasteiger partial charge in [0.15, 0.2) is 0 Å². The molecule has 0 radical (unpaired) electrons. The number of amides is 1. The number of anilines is 1. The van der Waals surface area contributed by atoms with Crippen molar-refractivity contribution in [1.29, 1.82) is 0 Å². The SMILES string of the molecule is O=C1CC(Br)CN1c1cccc(-c2ccccc2)c1. The number of hydrogen-bond acceptors (Lipinski definition) is 1. The van der Waals surface area contributed by atoms with Crippen LogP contribution < -0.4 is 4.90 Å². The van der Waals surface area contributed by atoms with E-state index in [1.165, 1.54) is 5.56 Å². The number of alkyl halides is 1. The summed E-state index contributed by atoms with van der Waals surface area (Å²) in [5, 5.41) is 0. The fourth-order valence-electron chi connectivity index (χ4n) is 2.40. The highest BCUT2D eigenvalue weighted by molar-refractivity contribution is 9.09. The Morgan fingerprint density at radius 1 is 1.00 bits per heavy atom. The lowest BCUT2D eigenvalue weighted by Crippen LogP contribution is -2.24. The molecule has 3 heteroatoms. The van der Waals surface area contributed by atoms with Gasteiger partial charge in [-0.05, 0) is 23.3 Å². The fraction of sp³-hybridized carbons (Fsp3) is 0.188. The summed E-state index contributed by atoms with van der Waals surface area (Å²) >= 11 is 3.52. The third-order valence-electron chi connectivity index (χ3n) is 3.34. The minimum Gasteiger partial charge on any atom is -0.311 e. The molecule has 1 aliphatic rings. The normalized spacial score (nSPS) is 18.9. The van der Waals surface area contributed by atoms with E-state index in [0.717, 1.165) is 17.8 Å². The van der Waals surface area contributed by atoms with Gasteiger partial charge in [0.1, 0.15) is 0 Å². The van der Waals surface area contributed by atoms with Gasteiger partial charge in [0.05, 0.1) is 0 Å². The van der Waals surface area contributed by atoms with E-state index in [0.29, 0.717) is 6.42 Å². The van der Waals surface area contributed by atoms with Crippen LogP contribution in [0.5, 0.6) is 0 Å². The van der Waals surface area contributed by atoms with Crippen LogP contribution >= 0.6 is 15.9 Å². The van der Waals surface area contributed by atoms with E-state index in [4.69, 9.17) is 0 Å². The number of rotatable bonds is 2. The van der Waals surface area contributed by atoms with Crippen LogP contribution in [-0.4, -0.2) is 17.3 Å². The molecule has 2 aromatic carbocycles. The third kappa shape index (κ3) is 2.56. The van der Waals surface area contributed by atoms with Crippen LogP contribution in [0.2, 0.25) is 0 Å². The first-order valence-electron chi connectivity index (χ1n) is 6.34. The molecule has 2 nitrogen and oxygen atoms in total. The summed E-state index contributed by atoms with van der Waals surface area (Å²) < 4.78 is 0. The van der Waals surface area contributed by atoms with E-state index in [2.05, 4.69) is 40.2 Å². The van der Waals surface area contributed by atoms with Crippen molar-refractivity contribution in [3.8, 4) is 11.1 Å². The number of carbonyl (C=O) groups excluding carboxylic acids is 1. The lowest BCUT2D eigenvalue weighted by Gasteiger charge is -2.17. The predicted octanol–water partition coefficient (Wildman–Crippen LogP) is 3.85. The molecular weight excluding hydrogens is 302 g/mol. The average molecular weight is 316 g/mol. The lowest BCUT2D eigenvalue weighted by molar-refractivity contribution is -0.117. The molecule has 0 saturated carbocycles. The van der Waals surface area contributed by atoms with Gasteiger partial charge in [-0.1, -0.05) is 58.4 Å². The molecule has 96 valence electrons. The number of hydrogen-bond donors (Lipinski definition) is 0. The molecule has 0 aromatic heterocycles. The van der Waals surface area contributed by atoms with Crippen molar-refractivity contribution in [3.05, 3.63) is 54.6 Å². The van der Waals surface area contributed by atoms with Gasteiger partial charge in [0.25, 0.3) is 0 Å². The smallest absolute Gasteiger partial charge is 0.228 e. The summed E-state index contributed by atoms with van der Waals surface area (Å²) in [5.41, 5.74) is 3.30. The Kier molecular flexibility index (Phi) is 3.38. The molecule has 1 aliphatic heterocycles. The van der Waals surface area contributed by atoms with Gasteiger partial charge in [0.2, 0.25) is 5.91 Å². The maximum atomic E-state index is 11.9. The number of benzene rings is 2. The summed E-state index contributed by atoms with van der Waals surface area (Å²) in [6.07, 6.45) is 0.579. The largest absolute Gasteiger partial charge is 0.311 e. The first-order valence-corrected chi connectivity index (χ1v) is 7.25. The van der Waals surface area contributed by atoms with E-state index in [9.17, 15) is 4.79 Å². The van der Waals surface area contributed by atoms with Crippen LogP contribution in [0.4, 0.5) is 5.69 Å². The van der Waals surface area contributed by atoms with Gasteiger partial charge in [-0.2, -0.15) is 0 Å². The topological polar surface area (TPSA) is 20.3 Å². The maximum Gasteiger partial charge on any atom is 0.228 e. The molecule has 19 heavy (non-hydrogen) atoms. The second-order valence-corrected chi connectivity index (χ2v) is 6.02. The van der Waals surface area contributed by atoms with Gasteiger partial charge >= 0.3 is 0 Å². The second-order valence-electron chi connectivity index (χ2n) is 4.72. The molecule has 3 rings (SSSR count). The van der Waals surface area contributed by atoms with E-state index >= 15 is 0 Å². The van der Waals surface area contributed by atoms with E-state index in [1.807, 2.05) is 35.2 Å². The highest BCUT2D eigenvalue weighted by atomic mass is 79.9. The van der Waals surface area contributed by atoms with Crippen molar-refractivity contribution in [2.24, 2.45) is 0 Å². The lowest BCUT2D eigenvalue weighted by atomic mass is 10.1. The molecule has 1 amide bonds. The van der Waals surface area contributed by atoms with Gasteiger partial charge in [0, 0.05) is 23.5 Å². The molecule has 1 heterocycles. The van der Waals surface area contributed by atoms with Gasteiger partial charge in [-0.15, -0.1) is 0 Å². The molecule has 0 aliphatic carbocycles. The molecule has 1 fully saturated rings.